The maximum Gasteiger partial charge on any atom is 0.233 e. The van der Waals surface area contributed by atoms with Gasteiger partial charge in [0.15, 0.2) is 4.34 Å². The highest BCUT2D eigenvalue weighted by molar-refractivity contribution is 8.02. The van der Waals surface area contributed by atoms with Crippen LogP contribution in [-0.4, -0.2) is 27.9 Å². The summed E-state index contributed by atoms with van der Waals surface area (Å²) in [6.07, 6.45) is 1.01. The Bertz CT molecular complexity index is 650. The number of nitrogens with one attached hydrogen (secondary N) is 2. The second-order valence-electron chi connectivity index (χ2n) is 4.87. The zero-order valence-electron chi connectivity index (χ0n) is 13.0. The van der Waals surface area contributed by atoms with E-state index in [4.69, 9.17) is 0 Å². The molecule has 0 spiro atoms. The van der Waals surface area contributed by atoms with Gasteiger partial charge < -0.3 is 10.6 Å². The van der Waals surface area contributed by atoms with Crippen molar-refractivity contribution in [1.29, 1.82) is 0 Å². The van der Waals surface area contributed by atoms with Gasteiger partial charge in [0.05, 0.1) is 5.25 Å². The summed E-state index contributed by atoms with van der Waals surface area (Å²) in [7, 11) is 0. The van der Waals surface area contributed by atoms with Crippen LogP contribution in [0.3, 0.4) is 0 Å². The number of hydrogen-bond donors (Lipinski definition) is 2. The molecule has 1 heterocycles. The van der Waals surface area contributed by atoms with Crippen LogP contribution in [0.1, 0.15) is 25.8 Å². The fourth-order valence-electron chi connectivity index (χ4n) is 1.73. The van der Waals surface area contributed by atoms with E-state index in [0.29, 0.717) is 5.56 Å². The number of rotatable bonds is 8. The van der Waals surface area contributed by atoms with E-state index in [1.54, 1.807) is 25.1 Å². The molecule has 8 heteroatoms. The number of halogens is 1. The number of nitrogens with zero attached hydrogens (tertiary/aromatic N) is 2. The molecule has 1 unspecified atom stereocenters. The topological polar surface area (TPSA) is 66.9 Å². The summed E-state index contributed by atoms with van der Waals surface area (Å²) < 4.78 is 14.2. The summed E-state index contributed by atoms with van der Waals surface area (Å²) in [6.45, 7) is 4.89. The average Bonchev–Trinajstić information content (AvgIpc) is 2.99. The molecule has 23 heavy (non-hydrogen) atoms. The third-order valence-electron chi connectivity index (χ3n) is 2.99. The first kappa shape index (κ1) is 17.7. The van der Waals surface area contributed by atoms with E-state index in [0.717, 1.165) is 22.4 Å². The van der Waals surface area contributed by atoms with E-state index in [1.807, 2.05) is 0 Å². The molecule has 0 aliphatic rings. The van der Waals surface area contributed by atoms with Crippen molar-refractivity contribution >= 4 is 34.1 Å². The molecular weight excluding hydrogens is 335 g/mol. The van der Waals surface area contributed by atoms with E-state index in [2.05, 4.69) is 27.8 Å². The molecule has 1 amide bonds. The second-order valence-corrected chi connectivity index (χ2v) is 7.43. The minimum absolute atomic E-state index is 0.156. The van der Waals surface area contributed by atoms with Gasteiger partial charge >= 0.3 is 0 Å². The highest BCUT2D eigenvalue weighted by Crippen LogP contribution is 2.28. The summed E-state index contributed by atoms with van der Waals surface area (Å²) in [6, 6.07) is 6.41. The lowest BCUT2D eigenvalue weighted by molar-refractivity contribution is -0.120. The molecule has 0 bridgehead atoms. The molecule has 124 valence electrons. The van der Waals surface area contributed by atoms with E-state index < -0.39 is 0 Å². The lowest BCUT2D eigenvalue weighted by atomic mass is 10.2. The van der Waals surface area contributed by atoms with Crippen molar-refractivity contribution in [2.75, 3.05) is 11.9 Å². The standard InChI is InChI=1S/C15H19FN4OS2/c1-3-8-17-14-19-20-15(23-14)22-10(2)13(21)18-9-11-6-4-5-7-12(11)16/h4-7,10H,3,8-9H2,1-2H3,(H,17,19)(H,18,21). The average molecular weight is 354 g/mol. The van der Waals surface area contributed by atoms with Crippen LogP contribution in [0.15, 0.2) is 28.6 Å². The van der Waals surface area contributed by atoms with E-state index in [1.165, 1.54) is 29.2 Å². The van der Waals surface area contributed by atoms with E-state index >= 15 is 0 Å². The molecular formula is C15H19FN4OS2. The van der Waals surface area contributed by atoms with Gasteiger partial charge in [0.1, 0.15) is 5.82 Å². The highest BCUT2D eigenvalue weighted by atomic mass is 32.2. The Morgan fingerprint density at radius 2 is 2.17 bits per heavy atom. The molecule has 0 radical (unpaired) electrons. The van der Waals surface area contributed by atoms with Gasteiger partial charge in [-0.05, 0) is 19.4 Å². The van der Waals surface area contributed by atoms with Crippen LogP contribution >= 0.6 is 23.1 Å². The van der Waals surface area contributed by atoms with Crippen molar-refractivity contribution in [3.8, 4) is 0 Å². The predicted molar refractivity (Wildman–Crippen MR) is 92.3 cm³/mol. The van der Waals surface area contributed by atoms with Crippen molar-refractivity contribution in [1.82, 2.24) is 15.5 Å². The Hall–Kier alpha value is -1.67. The maximum absolute atomic E-state index is 13.5. The summed E-state index contributed by atoms with van der Waals surface area (Å²) in [4.78, 5) is 12.1. The minimum Gasteiger partial charge on any atom is -0.360 e. The Balaban J connectivity index is 1.83. The third-order valence-corrected chi connectivity index (χ3v) is 5.06. The monoisotopic (exact) mass is 354 g/mol. The quantitative estimate of drug-likeness (QED) is 0.712. The van der Waals surface area contributed by atoms with Crippen molar-refractivity contribution in [2.45, 2.75) is 36.4 Å². The number of carbonyl (C=O) groups excluding carboxylic acids is 1. The fourth-order valence-corrected chi connectivity index (χ4v) is 3.68. The number of anilines is 1. The second kappa shape index (κ2) is 8.83. The Morgan fingerprint density at radius 3 is 2.91 bits per heavy atom. The lowest BCUT2D eigenvalue weighted by Crippen LogP contribution is -2.30. The van der Waals surface area contributed by atoms with Crippen LogP contribution < -0.4 is 10.6 Å². The zero-order valence-corrected chi connectivity index (χ0v) is 14.6. The Labute approximate surface area is 143 Å². The molecule has 0 aliphatic carbocycles. The number of amides is 1. The zero-order chi connectivity index (χ0) is 16.7. The van der Waals surface area contributed by atoms with Crippen molar-refractivity contribution in [3.63, 3.8) is 0 Å². The van der Waals surface area contributed by atoms with Crippen LogP contribution in [-0.2, 0) is 11.3 Å². The third kappa shape index (κ3) is 5.47. The SMILES string of the molecule is CCCNc1nnc(SC(C)C(=O)NCc2ccccc2F)s1. The lowest BCUT2D eigenvalue weighted by Gasteiger charge is -2.10. The first-order valence-corrected chi connectivity index (χ1v) is 9.05. The Kier molecular flexibility index (Phi) is 6.79. The predicted octanol–water partition coefficient (Wildman–Crippen LogP) is 3.30. The van der Waals surface area contributed by atoms with Gasteiger partial charge in [0.25, 0.3) is 0 Å². The van der Waals surface area contributed by atoms with Gasteiger partial charge in [-0.2, -0.15) is 0 Å². The fraction of sp³-hybridized carbons (Fsp3) is 0.400. The minimum atomic E-state index is -0.325. The Morgan fingerprint density at radius 1 is 1.39 bits per heavy atom. The molecule has 1 atom stereocenters. The van der Waals surface area contributed by atoms with Gasteiger partial charge in [-0.3, -0.25) is 4.79 Å². The van der Waals surface area contributed by atoms with Crippen LogP contribution in [0, 0.1) is 5.82 Å². The summed E-state index contributed by atoms with van der Waals surface area (Å²) >= 11 is 2.77. The van der Waals surface area contributed by atoms with Crippen LogP contribution in [0.5, 0.6) is 0 Å². The molecule has 1 aromatic carbocycles. The van der Waals surface area contributed by atoms with E-state index in [-0.39, 0.29) is 23.5 Å². The van der Waals surface area contributed by atoms with Gasteiger partial charge in [0.2, 0.25) is 11.0 Å². The first-order chi connectivity index (χ1) is 11.1. The molecule has 2 rings (SSSR count). The summed E-state index contributed by atoms with van der Waals surface area (Å²) in [5.74, 6) is -0.472. The number of hydrogen-bond acceptors (Lipinski definition) is 6. The molecule has 2 N–H and O–H groups in total. The normalized spacial score (nSPS) is 12.0. The molecule has 0 aliphatic heterocycles. The smallest absolute Gasteiger partial charge is 0.233 e. The van der Waals surface area contributed by atoms with Gasteiger partial charge in [0, 0.05) is 18.7 Å². The van der Waals surface area contributed by atoms with Crippen LogP contribution in [0.25, 0.3) is 0 Å². The summed E-state index contributed by atoms with van der Waals surface area (Å²) in [5.41, 5.74) is 0.472. The van der Waals surface area contributed by atoms with Crippen LogP contribution in [0.4, 0.5) is 9.52 Å². The number of carbonyl (C=O) groups is 1. The molecule has 2 aromatic rings. The number of benzene rings is 1. The molecule has 0 fully saturated rings. The molecule has 5 nitrogen and oxygen atoms in total. The highest BCUT2D eigenvalue weighted by Gasteiger charge is 2.17. The van der Waals surface area contributed by atoms with Gasteiger partial charge in [-0.1, -0.05) is 48.2 Å². The van der Waals surface area contributed by atoms with Gasteiger partial charge in [-0.15, -0.1) is 10.2 Å². The van der Waals surface area contributed by atoms with Crippen LogP contribution in [0.2, 0.25) is 0 Å². The van der Waals surface area contributed by atoms with Gasteiger partial charge in [-0.25, -0.2) is 4.39 Å². The summed E-state index contributed by atoms with van der Waals surface area (Å²) in [5, 5.41) is 14.4. The van der Waals surface area contributed by atoms with Crippen molar-refractivity contribution < 1.29 is 9.18 Å². The molecule has 0 saturated heterocycles. The van der Waals surface area contributed by atoms with E-state index in [9.17, 15) is 9.18 Å². The molecule has 1 aromatic heterocycles. The largest absolute Gasteiger partial charge is 0.360 e. The van der Waals surface area contributed by atoms with Crippen molar-refractivity contribution in [3.05, 3.63) is 35.6 Å². The maximum atomic E-state index is 13.5. The number of thioether (sulfide) groups is 1. The van der Waals surface area contributed by atoms with Crippen molar-refractivity contribution in [2.24, 2.45) is 0 Å². The first-order valence-electron chi connectivity index (χ1n) is 7.35. The number of aromatic nitrogens is 2. The molecule has 0 saturated carbocycles.